The van der Waals surface area contributed by atoms with Crippen LogP contribution in [0.3, 0.4) is 0 Å². The van der Waals surface area contributed by atoms with E-state index < -0.39 is 0 Å². The van der Waals surface area contributed by atoms with E-state index in [1.165, 1.54) is 0 Å². The van der Waals surface area contributed by atoms with Crippen LogP contribution >= 0.6 is 0 Å². The smallest absolute Gasteiger partial charge is 0.305 e. The van der Waals surface area contributed by atoms with Crippen LogP contribution in [-0.2, 0) is 14.3 Å². The number of fused-ring (bicyclic) bond motifs is 1. The summed E-state index contributed by atoms with van der Waals surface area (Å²) in [6, 6.07) is 7.93. The molecule has 1 heterocycles. The Hall–Kier alpha value is -2.57. The lowest BCUT2D eigenvalue weighted by Crippen LogP contribution is -2.38. The molecule has 1 aliphatic rings. The fraction of sp³-hybridized carbons (Fsp3) is 0.591. The lowest BCUT2D eigenvalue weighted by Gasteiger charge is -2.24. The van der Waals surface area contributed by atoms with Crippen molar-refractivity contribution in [3.05, 3.63) is 29.8 Å². The molecule has 1 aromatic carbocycles. The fourth-order valence-corrected chi connectivity index (χ4v) is 3.40. The van der Waals surface area contributed by atoms with Gasteiger partial charge in [-0.1, -0.05) is 31.0 Å². The van der Waals surface area contributed by atoms with Gasteiger partial charge < -0.3 is 20.7 Å². The Bertz CT molecular complexity index is 690. The quantitative estimate of drug-likeness (QED) is 0.229. The number of hydrogen-bond acceptors (Lipinski definition) is 4. The Kier molecular flexibility index (Phi) is 10.0. The summed E-state index contributed by atoms with van der Waals surface area (Å²) in [7, 11) is 0. The maximum absolute atomic E-state index is 12.0. The third-order valence-corrected chi connectivity index (χ3v) is 4.83. The number of unbranched alkanes of at least 4 members (excludes halogenated alkanes) is 3. The number of carbonyl (C=O) groups is 2. The molecular weight excluding hydrogens is 368 g/mol. The predicted octanol–water partition coefficient (Wildman–Crippen LogP) is 3.18. The third kappa shape index (κ3) is 8.13. The Morgan fingerprint density at radius 3 is 2.76 bits per heavy atom. The van der Waals surface area contributed by atoms with E-state index in [1.807, 2.05) is 32.0 Å². The highest BCUT2D eigenvalue weighted by molar-refractivity contribution is 5.94. The molecule has 7 heteroatoms. The summed E-state index contributed by atoms with van der Waals surface area (Å²) in [5, 5.41) is 9.56. The number of carbonyl (C=O) groups excluding carboxylic acids is 2. The highest BCUT2D eigenvalue weighted by Crippen LogP contribution is 2.31. The zero-order chi connectivity index (χ0) is 20.9. The standard InChI is InChI=1S/C22H34N4O3/c1-3-23-22(24-14-10-6-5-7-13-21(28)29-4-2)25-16-17-15-20(27)26-19-12-9-8-11-18(17)19/h8-9,11-12,17H,3-7,10,13-16H2,1-2H3,(H,26,27)(H2,23,24,25). The topological polar surface area (TPSA) is 91.8 Å². The molecule has 0 aromatic heterocycles. The van der Waals surface area contributed by atoms with Gasteiger partial charge in [0.15, 0.2) is 5.96 Å². The molecule has 2 rings (SSSR count). The number of esters is 1. The number of nitrogens with zero attached hydrogens (tertiary/aromatic N) is 1. The lowest BCUT2D eigenvalue weighted by atomic mass is 9.91. The molecule has 160 valence electrons. The number of aliphatic imine (C=N–C) groups is 1. The number of amides is 1. The van der Waals surface area contributed by atoms with Crippen molar-refractivity contribution in [3.8, 4) is 0 Å². The molecule has 29 heavy (non-hydrogen) atoms. The second-order valence-electron chi connectivity index (χ2n) is 7.15. The first kappa shape index (κ1) is 22.7. The van der Waals surface area contributed by atoms with Crippen molar-refractivity contribution < 1.29 is 14.3 Å². The van der Waals surface area contributed by atoms with Gasteiger partial charge in [0.1, 0.15) is 0 Å². The first-order valence-electron chi connectivity index (χ1n) is 10.7. The molecule has 0 fully saturated rings. The van der Waals surface area contributed by atoms with Crippen molar-refractivity contribution in [2.24, 2.45) is 4.99 Å². The molecule has 1 atom stereocenters. The fourth-order valence-electron chi connectivity index (χ4n) is 3.40. The van der Waals surface area contributed by atoms with Crippen LogP contribution in [0.1, 0.15) is 63.9 Å². The van der Waals surface area contributed by atoms with E-state index in [0.717, 1.165) is 56.0 Å². The zero-order valence-electron chi connectivity index (χ0n) is 17.6. The summed E-state index contributed by atoms with van der Waals surface area (Å²) < 4.78 is 4.93. The van der Waals surface area contributed by atoms with Crippen molar-refractivity contribution in [1.29, 1.82) is 0 Å². The van der Waals surface area contributed by atoms with Crippen LogP contribution in [0.5, 0.6) is 0 Å². The maximum atomic E-state index is 12.0. The minimum Gasteiger partial charge on any atom is -0.466 e. The average Bonchev–Trinajstić information content (AvgIpc) is 2.71. The Balaban J connectivity index is 1.74. The molecule has 0 saturated heterocycles. The number of ether oxygens (including phenoxy) is 1. The van der Waals surface area contributed by atoms with E-state index in [9.17, 15) is 9.59 Å². The van der Waals surface area contributed by atoms with Crippen LogP contribution in [0, 0.1) is 0 Å². The van der Waals surface area contributed by atoms with E-state index >= 15 is 0 Å². The van der Waals surface area contributed by atoms with E-state index in [-0.39, 0.29) is 17.8 Å². The van der Waals surface area contributed by atoms with Gasteiger partial charge in [-0.2, -0.15) is 0 Å². The second-order valence-corrected chi connectivity index (χ2v) is 7.15. The molecule has 0 radical (unpaired) electrons. The summed E-state index contributed by atoms with van der Waals surface area (Å²) in [4.78, 5) is 28.0. The SMILES string of the molecule is CCNC(=NCC1CC(=O)Nc2ccccc21)NCCCCCCC(=O)OCC. The van der Waals surface area contributed by atoms with Gasteiger partial charge in [0.05, 0.1) is 13.2 Å². The number of guanidine groups is 1. The van der Waals surface area contributed by atoms with E-state index in [0.29, 0.717) is 26.0 Å². The summed E-state index contributed by atoms with van der Waals surface area (Å²) in [6.45, 7) is 6.50. The molecule has 1 aliphatic heterocycles. The first-order chi connectivity index (χ1) is 14.1. The summed E-state index contributed by atoms with van der Waals surface area (Å²) in [5.74, 6) is 0.815. The van der Waals surface area contributed by atoms with E-state index in [1.54, 1.807) is 0 Å². The zero-order valence-corrected chi connectivity index (χ0v) is 17.6. The van der Waals surface area contributed by atoms with Crippen molar-refractivity contribution in [2.45, 2.75) is 58.3 Å². The molecule has 0 aliphatic carbocycles. The van der Waals surface area contributed by atoms with Crippen LogP contribution in [0.25, 0.3) is 0 Å². The molecule has 7 nitrogen and oxygen atoms in total. The Labute approximate surface area is 173 Å². The lowest BCUT2D eigenvalue weighted by molar-refractivity contribution is -0.143. The molecule has 1 aromatic rings. The molecule has 3 N–H and O–H groups in total. The summed E-state index contributed by atoms with van der Waals surface area (Å²) in [5.41, 5.74) is 2.04. The number of nitrogens with one attached hydrogen (secondary N) is 3. The van der Waals surface area contributed by atoms with Crippen molar-refractivity contribution in [1.82, 2.24) is 10.6 Å². The molecule has 1 amide bonds. The van der Waals surface area contributed by atoms with Crippen LogP contribution in [0.2, 0.25) is 0 Å². The first-order valence-corrected chi connectivity index (χ1v) is 10.7. The third-order valence-electron chi connectivity index (χ3n) is 4.83. The van der Waals surface area contributed by atoms with E-state index in [4.69, 9.17) is 9.73 Å². The van der Waals surface area contributed by atoms with Crippen LogP contribution < -0.4 is 16.0 Å². The molecule has 0 bridgehead atoms. The summed E-state index contributed by atoms with van der Waals surface area (Å²) in [6.07, 6.45) is 4.92. The van der Waals surface area contributed by atoms with Crippen LogP contribution in [-0.4, -0.2) is 44.1 Å². The van der Waals surface area contributed by atoms with Crippen molar-refractivity contribution in [2.75, 3.05) is 31.6 Å². The normalized spacial score (nSPS) is 16.0. The van der Waals surface area contributed by atoms with Gasteiger partial charge in [-0.15, -0.1) is 0 Å². The van der Waals surface area contributed by atoms with Crippen molar-refractivity contribution >= 4 is 23.5 Å². The minimum atomic E-state index is -0.106. The Morgan fingerprint density at radius 2 is 1.97 bits per heavy atom. The van der Waals surface area contributed by atoms with Crippen LogP contribution in [0.4, 0.5) is 5.69 Å². The molecule has 1 unspecified atom stereocenters. The predicted molar refractivity (Wildman–Crippen MR) is 116 cm³/mol. The summed E-state index contributed by atoms with van der Waals surface area (Å²) >= 11 is 0. The average molecular weight is 403 g/mol. The Morgan fingerprint density at radius 1 is 1.17 bits per heavy atom. The van der Waals surface area contributed by atoms with Gasteiger partial charge in [0.25, 0.3) is 0 Å². The second kappa shape index (κ2) is 12.8. The molecular formula is C22H34N4O3. The van der Waals surface area contributed by atoms with Gasteiger partial charge in [-0.05, 0) is 38.3 Å². The van der Waals surface area contributed by atoms with Crippen molar-refractivity contribution in [3.63, 3.8) is 0 Å². The van der Waals surface area contributed by atoms with Gasteiger partial charge in [0.2, 0.25) is 5.91 Å². The highest BCUT2D eigenvalue weighted by atomic mass is 16.5. The number of hydrogen-bond donors (Lipinski definition) is 3. The maximum Gasteiger partial charge on any atom is 0.305 e. The van der Waals surface area contributed by atoms with Gasteiger partial charge in [0, 0.05) is 37.5 Å². The minimum absolute atomic E-state index is 0.0460. The number of anilines is 1. The number of benzene rings is 1. The monoisotopic (exact) mass is 402 g/mol. The van der Waals surface area contributed by atoms with Crippen LogP contribution in [0.15, 0.2) is 29.3 Å². The highest BCUT2D eigenvalue weighted by Gasteiger charge is 2.24. The van der Waals surface area contributed by atoms with Gasteiger partial charge in [-0.25, -0.2) is 0 Å². The number of rotatable bonds is 11. The van der Waals surface area contributed by atoms with E-state index in [2.05, 4.69) is 22.0 Å². The number of para-hydroxylation sites is 1. The molecule has 0 saturated carbocycles. The van der Waals surface area contributed by atoms with Gasteiger partial charge in [-0.3, -0.25) is 14.6 Å². The molecule has 0 spiro atoms. The van der Waals surface area contributed by atoms with Gasteiger partial charge >= 0.3 is 5.97 Å². The largest absolute Gasteiger partial charge is 0.466 e.